The molecule has 0 aliphatic carbocycles. The van der Waals surface area contributed by atoms with E-state index in [0.29, 0.717) is 5.92 Å². The summed E-state index contributed by atoms with van der Waals surface area (Å²) in [5.74, 6) is 6.33. The van der Waals surface area contributed by atoms with Crippen LogP contribution in [-0.2, 0) is 6.54 Å². The minimum absolute atomic E-state index is 0.217. The normalized spacial score (nSPS) is 14.8. The van der Waals surface area contributed by atoms with Gasteiger partial charge in [0.15, 0.2) is 0 Å². The number of nitrogens with two attached hydrogens (primary N) is 1. The van der Waals surface area contributed by atoms with Gasteiger partial charge < -0.3 is 0 Å². The van der Waals surface area contributed by atoms with E-state index in [4.69, 9.17) is 5.84 Å². The molecule has 4 nitrogen and oxygen atoms in total. The summed E-state index contributed by atoms with van der Waals surface area (Å²) in [7, 11) is 0. The molecule has 1 aromatic heterocycles. The van der Waals surface area contributed by atoms with E-state index < -0.39 is 0 Å². The molecule has 0 saturated carbocycles. The Bertz CT molecular complexity index is 308. The van der Waals surface area contributed by atoms with Crippen molar-refractivity contribution in [3.8, 4) is 0 Å². The first-order valence-corrected chi connectivity index (χ1v) is 6.76. The third kappa shape index (κ3) is 3.54. The highest BCUT2D eigenvalue weighted by Gasteiger charge is 2.22. The van der Waals surface area contributed by atoms with Crippen molar-refractivity contribution in [1.82, 2.24) is 15.2 Å². The second-order valence-corrected chi connectivity index (χ2v) is 4.53. The average Bonchev–Trinajstić information content (AvgIpc) is 2.82. The predicted octanol–water partition coefficient (Wildman–Crippen LogP) is 2.62. The molecule has 1 aromatic rings. The molecule has 0 spiro atoms. The van der Waals surface area contributed by atoms with Crippen molar-refractivity contribution in [1.29, 1.82) is 0 Å². The Kier molecular flexibility index (Phi) is 6.22. The summed E-state index contributed by atoms with van der Waals surface area (Å²) < 4.78 is 2.03. The molecule has 17 heavy (non-hydrogen) atoms. The van der Waals surface area contributed by atoms with Crippen LogP contribution in [0.5, 0.6) is 0 Å². The van der Waals surface area contributed by atoms with Gasteiger partial charge in [0.05, 0.1) is 11.7 Å². The number of nitrogens with one attached hydrogen (secondary N) is 1. The molecule has 2 atom stereocenters. The quantitative estimate of drug-likeness (QED) is 0.540. The van der Waals surface area contributed by atoms with Crippen LogP contribution in [0, 0.1) is 5.92 Å². The standard InChI is InChI=1S/C13H26N4/c1-4-7-8-11(5-2)13(16-14)12-9-10-15-17(12)6-3/h9-11,13,16H,4-8,14H2,1-3H3. The van der Waals surface area contributed by atoms with Gasteiger partial charge in [-0.25, -0.2) is 0 Å². The van der Waals surface area contributed by atoms with Crippen LogP contribution in [0.1, 0.15) is 58.2 Å². The van der Waals surface area contributed by atoms with E-state index in [9.17, 15) is 0 Å². The number of aromatic nitrogens is 2. The highest BCUT2D eigenvalue weighted by Crippen LogP contribution is 2.28. The molecule has 0 fully saturated rings. The van der Waals surface area contributed by atoms with Gasteiger partial charge in [-0.05, 0) is 25.3 Å². The number of aryl methyl sites for hydroxylation is 1. The first kappa shape index (κ1) is 14.2. The average molecular weight is 238 g/mol. The van der Waals surface area contributed by atoms with E-state index in [2.05, 4.69) is 37.4 Å². The Labute approximate surface area is 105 Å². The first-order valence-electron chi connectivity index (χ1n) is 6.76. The largest absolute Gasteiger partial charge is 0.271 e. The van der Waals surface area contributed by atoms with Crippen molar-refractivity contribution in [3.05, 3.63) is 18.0 Å². The molecule has 3 N–H and O–H groups in total. The fourth-order valence-corrected chi connectivity index (χ4v) is 2.41. The number of hydrogen-bond acceptors (Lipinski definition) is 3. The van der Waals surface area contributed by atoms with Crippen LogP contribution < -0.4 is 11.3 Å². The van der Waals surface area contributed by atoms with Gasteiger partial charge in [-0.2, -0.15) is 5.10 Å². The third-order valence-corrected chi connectivity index (χ3v) is 3.47. The van der Waals surface area contributed by atoms with Crippen LogP contribution in [0.4, 0.5) is 0 Å². The Morgan fingerprint density at radius 1 is 1.41 bits per heavy atom. The van der Waals surface area contributed by atoms with Crippen molar-refractivity contribution in [2.24, 2.45) is 11.8 Å². The predicted molar refractivity (Wildman–Crippen MR) is 71.3 cm³/mol. The monoisotopic (exact) mass is 238 g/mol. The van der Waals surface area contributed by atoms with E-state index in [-0.39, 0.29) is 6.04 Å². The summed E-state index contributed by atoms with van der Waals surface area (Å²) in [6.07, 6.45) is 6.72. The molecular formula is C13H26N4. The third-order valence-electron chi connectivity index (χ3n) is 3.47. The van der Waals surface area contributed by atoms with Gasteiger partial charge in [0, 0.05) is 12.7 Å². The molecule has 98 valence electrons. The lowest BCUT2D eigenvalue weighted by Gasteiger charge is -2.26. The molecule has 0 aliphatic rings. The van der Waals surface area contributed by atoms with Crippen LogP contribution in [-0.4, -0.2) is 9.78 Å². The van der Waals surface area contributed by atoms with Gasteiger partial charge in [0.25, 0.3) is 0 Å². The highest BCUT2D eigenvalue weighted by molar-refractivity contribution is 5.08. The van der Waals surface area contributed by atoms with Gasteiger partial charge in [-0.15, -0.1) is 0 Å². The molecule has 2 unspecified atom stereocenters. The maximum atomic E-state index is 5.74. The van der Waals surface area contributed by atoms with Gasteiger partial charge in [-0.1, -0.05) is 33.1 Å². The smallest absolute Gasteiger partial charge is 0.0657 e. The molecule has 0 aliphatic heterocycles. The summed E-state index contributed by atoms with van der Waals surface area (Å²) in [5, 5.41) is 4.32. The Morgan fingerprint density at radius 2 is 2.18 bits per heavy atom. The highest BCUT2D eigenvalue weighted by atomic mass is 15.3. The number of hydrazine groups is 1. The zero-order chi connectivity index (χ0) is 12.7. The van der Waals surface area contributed by atoms with E-state index >= 15 is 0 Å². The zero-order valence-electron chi connectivity index (χ0n) is 11.3. The number of nitrogens with zero attached hydrogens (tertiary/aromatic N) is 2. The van der Waals surface area contributed by atoms with E-state index in [1.54, 1.807) is 0 Å². The van der Waals surface area contributed by atoms with Gasteiger partial charge in [0.2, 0.25) is 0 Å². The summed E-state index contributed by atoms with van der Waals surface area (Å²) in [6, 6.07) is 2.29. The lowest BCUT2D eigenvalue weighted by molar-refractivity contribution is 0.311. The SMILES string of the molecule is CCCCC(CC)C(NN)c1ccnn1CC. The summed E-state index contributed by atoms with van der Waals surface area (Å²) in [6.45, 7) is 7.47. The molecule has 1 rings (SSSR count). The van der Waals surface area contributed by atoms with Crippen molar-refractivity contribution in [2.45, 2.75) is 59.0 Å². The Hall–Kier alpha value is -0.870. The van der Waals surface area contributed by atoms with Crippen molar-refractivity contribution >= 4 is 0 Å². The van der Waals surface area contributed by atoms with Crippen LogP contribution in [0.25, 0.3) is 0 Å². The molecule has 0 radical (unpaired) electrons. The summed E-state index contributed by atoms with van der Waals surface area (Å²) in [5.41, 5.74) is 4.18. The number of rotatable bonds is 8. The second kappa shape index (κ2) is 7.45. The molecule has 0 amide bonds. The minimum atomic E-state index is 0.217. The molecule has 4 heteroatoms. The van der Waals surface area contributed by atoms with Gasteiger partial charge in [-0.3, -0.25) is 16.0 Å². The van der Waals surface area contributed by atoms with Crippen molar-refractivity contribution < 1.29 is 0 Å². The molecule has 0 aromatic carbocycles. The van der Waals surface area contributed by atoms with Gasteiger partial charge >= 0.3 is 0 Å². The van der Waals surface area contributed by atoms with E-state index in [0.717, 1.165) is 13.0 Å². The summed E-state index contributed by atoms with van der Waals surface area (Å²) in [4.78, 5) is 0. The fourth-order valence-electron chi connectivity index (χ4n) is 2.41. The van der Waals surface area contributed by atoms with Crippen molar-refractivity contribution in [2.75, 3.05) is 0 Å². The first-order chi connectivity index (χ1) is 8.28. The second-order valence-electron chi connectivity index (χ2n) is 4.53. The van der Waals surface area contributed by atoms with Crippen molar-refractivity contribution in [3.63, 3.8) is 0 Å². The number of hydrogen-bond donors (Lipinski definition) is 2. The molecule has 0 saturated heterocycles. The van der Waals surface area contributed by atoms with Crippen LogP contribution in [0.2, 0.25) is 0 Å². The van der Waals surface area contributed by atoms with Crippen LogP contribution in [0.15, 0.2) is 12.3 Å². The maximum Gasteiger partial charge on any atom is 0.0657 e. The Morgan fingerprint density at radius 3 is 2.71 bits per heavy atom. The molecule has 1 heterocycles. The van der Waals surface area contributed by atoms with E-state index in [1.807, 2.05) is 10.9 Å². The minimum Gasteiger partial charge on any atom is -0.271 e. The molecule has 0 bridgehead atoms. The van der Waals surface area contributed by atoms with E-state index in [1.165, 1.54) is 25.0 Å². The topological polar surface area (TPSA) is 55.9 Å². The lowest BCUT2D eigenvalue weighted by Crippen LogP contribution is -2.35. The summed E-state index contributed by atoms with van der Waals surface area (Å²) >= 11 is 0. The fraction of sp³-hybridized carbons (Fsp3) is 0.769. The van der Waals surface area contributed by atoms with Crippen LogP contribution >= 0.6 is 0 Å². The van der Waals surface area contributed by atoms with Crippen LogP contribution in [0.3, 0.4) is 0 Å². The number of unbranched alkanes of at least 4 members (excludes halogenated alkanes) is 1. The maximum absolute atomic E-state index is 5.74. The lowest BCUT2D eigenvalue weighted by atomic mass is 9.89. The zero-order valence-corrected chi connectivity index (χ0v) is 11.3. The Balaban J connectivity index is 2.81. The molecular weight excluding hydrogens is 212 g/mol. The van der Waals surface area contributed by atoms with Gasteiger partial charge in [0.1, 0.15) is 0 Å².